The van der Waals surface area contributed by atoms with Crippen LogP contribution in [0.25, 0.3) is 11.1 Å². The molecule has 0 aromatic heterocycles. The van der Waals surface area contributed by atoms with Crippen molar-refractivity contribution in [2.24, 2.45) is 17.8 Å². The summed E-state index contributed by atoms with van der Waals surface area (Å²) in [6, 6.07) is 28.4. The van der Waals surface area contributed by atoms with Gasteiger partial charge in [0.25, 0.3) is 11.8 Å². The minimum absolute atomic E-state index is 0.00443. The molecule has 0 aliphatic carbocycles. The fourth-order valence-corrected chi connectivity index (χ4v) is 6.03. The fourth-order valence-electron chi connectivity index (χ4n) is 6.03. The van der Waals surface area contributed by atoms with Gasteiger partial charge in [-0.2, -0.15) is 0 Å². The van der Waals surface area contributed by atoms with Crippen LogP contribution in [0.4, 0.5) is 11.4 Å². The topological polar surface area (TPSA) is 170 Å². The predicted octanol–water partition coefficient (Wildman–Crippen LogP) is 11.1. The van der Waals surface area contributed by atoms with Gasteiger partial charge in [0, 0.05) is 22.9 Å². The first-order valence-electron chi connectivity index (χ1n) is 21.0. The smallest absolute Gasteiger partial charge is 0.339 e. The van der Waals surface area contributed by atoms with Crippen LogP contribution in [-0.2, 0) is 6.61 Å². The number of benzene rings is 5. The molecule has 2 atom stereocenters. The quantitative estimate of drug-likeness (QED) is 0.0526. The van der Waals surface area contributed by atoms with Crippen molar-refractivity contribution in [2.45, 2.75) is 67.4 Å². The van der Waals surface area contributed by atoms with Crippen LogP contribution in [0.15, 0.2) is 103 Å². The van der Waals surface area contributed by atoms with Gasteiger partial charge in [0.2, 0.25) is 0 Å². The molecule has 2 amide bonds. The van der Waals surface area contributed by atoms with Gasteiger partial charge in [0.1, 0.15) is 35.2 Å². The number of hydrogen-bond acceptors (Lipinski definition) is 8. The summed E-state index contributed by atoms with van der Waals surface area (Å²) >= 11 is 0. The molecule has 0 saturated heterocycles. The van der Waals surface area contributed by atoms with Crippen molar-refractivity contribution >= 4 is 35.1 Å². The maximum atomic E-state index is 13.9. The van der Waals surface area contributed by atoms with E-state index < -0.39 is 23.8 Å². The number of aromatic carboxylic acids is 2. The zero-order valence-corrected chi connectivity index (χ0v) is 36.2. The summed E-state index contributed by atoms with van der Waals surface area (Å²) in [6.07, 6.45) is 2.47. The summed E-state index contributed by atoms with van der Waals surface area (Å²) in [4.78, 5) is 51.5. The molecule has 62 heavy (non-hydrogen) atoms. The van der Waals surface area contributed by atoms with E-state index in [0.29, 0.717) is 59.7 Å². The normalized spacial score (nSPS) is 11.9. The van der Waals surface area contributed by atoms with Crippen LogP contribution in [0.5, 0.6) is 23.0 Å². The molecule has 326 valence electrons. The van der Waals surface area contributed by atoms with Crippen LogP contribution in [0.1, 0.15) is 108 Å². The molecule has 0 heterocycles. The number of carbonyl (C=O) groups is 4. The highest BCUT2D eigenvalue weighted by Crippen LogP contribution is 2.37. The van der Waals surface area contributed by atoms with Gasteiger partial charge >= 0.3 is 11.9 Å². The average molecular weight is 845 g/mol. The Kier molecular flexibility index (Phi) is 16.5. The van der Waals surface area contributed by atoms with Crippen molar-refractivity contribution in [3.8, 4) is 34.1 Å². The van der Waals surface area contributed by atoms with Gasteiger partial charge in [-0.1, -0.05) is 90.8 Å². The lowest BCUT2D eigenvalue weighted by Gasteiger charge is -2.19. The second-order valence-corrected chi connectivity index (χ2v) is 15.8. The Morgan fingerprint density at radius 3 is 1.89 bits per heavy atom. The Hall–Kier alpha value is -6.82. The number of ether oxygens (including phenoxy) is 4. The SMILES string of the molecule is CCC(C)COc1cc(NC(=O)c2ccc(-c3ccc(C(=O)Nc4ccc(C(=O)O)cc4OCc4ccccc4)cc3OCC(C)CC)cc2OCCC(C)C)ccc1C(=O)O. The van der Waals surface area contributed by atoms with E-state index in [1.165, 1.54) is 36.4 Å². The van der Waals surface area contributed by atoms with Gasteiger partial charge in [0.15, 0.2) is 0 Å². The number of rotatable bonds is 22. The first kappa shape index (κ1) is 46.2. The van der Waals surface area contributed by atoms with Crippen molar-refractivity contribution in [1.82, 2.24) is 0 Å². The molecule has 12 nitrogen and oxygen atoms in total. The van der Waals surface area contributed by atoms with Crippen LogP contribution < -0.4 is 29.6 Å². The predicted molar refractivity (Wildman–Crippen MR) is 240 cm³/mol. The third kappa shape index (κ3) is 12.8. The van der Waals surface area contributed by atoms with Gasteiger partial charge in [0.05, 0.1) is 36.6 Å². The third-order valence-corrected chi connectivity index (χ3v) is 10.4. The summed E-state index contributed by atoms with van der Waals surface area (Å²) in [5.41, 5.74) is 3.43. The molecule has 2 unspecified atom stereocenters. The number of amides is 2. The zero-order valence-electron chi connectivity index (χ0n) is 36.2. The molecule has 0 saturated carbocycles. The maximum absolute atomic E-state index is 13.9. The number of anilines is 2. The summed E-state index contributed by atoms with van der Waals surface area (Å²) in [6.45, 7) is 13.5. The van der Waals surface area contributed by atoms with Gasteiger partial charge in [-0.25, -0.2) is 9.59 Å². The molecular weight excluding hydrogens is 789 g/mol. The van der Waals surface area contributed by atoms with E-state index in [-0.39, 0.29) is 52.2 Å². The van der Waals surface area contributed by atoms with Gasteiger partial charge in [-0.05, 0) is 96.0 Å². The minimum Gasteiger partial charge on any atom is -0.493 e. The Morgan fingerprint density at radius 2 is 1.23 bits per heavy atom. The summed E-state index contributed by atoms with van der Waals surface area (Å²) < 4.78 is 24.5. The second kappa shape index (κ2) is 22.1. The Balaban J connectivity index is 1.46. The molecular formula is C50H56N2O10. The van der Waals surface area contributed by atoms with E-state index in [4.69, 9.17) is 18.9 Å². The van der Waals surface area contributed by atoms with E-state index in [9.17, 15) is 29.4 Å². The van der Waals surface area contributed by atoms with Crippen LogP contribution in [0.2, 0.25) is 0 Å². The molecule has 5 rings (SSSR count). The zero-order chi connectivity index (χ0) is 44.8. The highest BCUT2D eigenvalue weighted by molar-refractivity contribution is 6.08. The average Bonchev–Trinajstić information content (AvgIpc) is 3.26. The lowest BCUT2D eigenvalue weighted by Crippen LogP contribution is -2.16. The van der Waals surface area contributed by atoms with E-state index in [1.54, 1.807) is 36.4 Å². The van der Waals surface area contributed by atoms with E-state index in [0.717, 1.165) is 24.8 Å². The number of carbonyl (C=O) groups excluding carboxylic acids is 2. The summed E-state index contributed by atoms with van der Waals surface area (Å²) in [5.74, 6) is -1.29. The summed E-state index contributed by atoms with van der Waals surface area (Å²) in [7, 11) is 0. The number of carboxylic acids is 2. The van der Waals surface area contributed by atoms with Gasteiger partial charge in [-0.15, -0.1) is 0 Å². The molecule has 0 aliphatic rings. The molecule has 0 fully saturated rings. The Bertz CT molecular complexity index is 2340. The first-order chi connectivity index (χ1) is 29.8. The molecule has 4 N–H and O–H groups in total. The largest absolute Gasteiger partial charge is 0.493 e. The molecule has 0 spiro atoms. The van der Waals surface area contributed by atoms with E-state index in [1.807, 2.05) is 44.2 Å². The highest BCUT2D eigenvalue weighted by Gasteiger charge is 2.21. The first-order valence-corrected chi connectivity index (χ1v) is 21.0. The minimum atomic E-state index is -1.13. The molecule has 12 heteroatoms. The molecule has 0 radical (unpaired) electrons. The van der Waals surface area contributed by atoms with E-state index >= 15 is 0 Å². The van der Waals surface area contributed by atoms with Gasteiger partial charge in [-0.3, -0.25) is 9.59 Å². The fraction of sp³-hybridized carbons (Fsp3) is 0.320. The van der Waals surface area contributed by atoms with E-state index in [2.05, 4.69) is 38.3 Å². The van der Waals surface area contributed by atoms with Crippen LogP contribution in [-0.4, -0.2) is 53.8 Å². The molecule has 5 aromatic rings. The van der Waals surface area contributed by atoms with Crippen molar-refractivity contribution in [3.05, 3.63) is 131 Å². The lowest BCUT2D eigenvalue weighted by atomic mass is 9.99. The molecule has 5 aromatic carbocycles. The maximum Gasteiger partial charge on any atom is 0.339 e. The second-order valence-electron chi connectivity index (χ2n) is 15.8. The Labute approximate surface area is 363 Å². The molecule has 0 bridgehead atoms. The molecule has 0 aliphatic heterocycles. The number of nitrogens with one attached hydrogen (secondary N) is 2. The summed E-state index contributed by atoms with van der Waals surface area (Å²) in [5, 5.41) is 25.2. The van der Waals surface area contributed by atoms with Crippen molar-refractivity contribution in [2.75, 3.05) is 30.5 Å². The Morgan fingerprint density at radius 1 is 0.581 bits per heavy atom. The van der Waals surface area contributed by atoms with Crippen LogP contribution >= 0.6 is 0 Å². The lowest BCUT2D eigenvalue weighted by molar-refractivity contribution is 0.0682. The van der Waals surface area contributed by atoms with Crippen LogP contribution in [0, 0.1) is 17.8 Å². The van der Waals surface area contributed by atoms with Gasteiger partial charge < -0.3 is 39.8 Å². The van der Waals surface area contributed by atoms with Crippen molar-refractivity contribution in [3.63, 3.8) is 0 Å². The highest BCUT2D eigenvalue weighted by atomic mass is 16.5. The van der Waals surface area contributed by atoms with Crippen LogP contribution in [0.3, 0.4) is 0 Å². The van der Waals surface area contributed by atoms with Crippen molar-refractivity contribution < 1.29 is 48.3 Å². The number of hydrogen-bond donors (Lipinski definition) is 4. The third-order valence-electron chi connectivity index (χ3n) is 10.4. The number of carboxylic acid groups (broad SMARTS) is 2. The van der Waals surface area contributed by atoms with Crippen molar-refractivity contribution in [1.29, 1.82) is 0 Å². The monoisotopic (exact) mass is 844 g/mol. The standard InChI is InChI=1S/C50H56N2O10/c1-7-32(5)28-60-43-25-36(47(53)52-42-21-16-37(49(55)56)26-46(42)62-30-34-12-10-9-11-13-34)15-18-39(43)35-14-19-40(44(24-35)59-23-22-31(3)4)48(54)51-38-17-20-41(50(57)58)45(27-38)61-29-33(6)8-2/h9-21,24-27,31-33H,7-8,22-23,28-30H2,1-6H3,(H,51,54)(H,52,53)(H,55,56)(H,57,58).